The van der Waals surface area contributed by atoms with Gasteiger partial charge in [0, 0.05) is 24.9 Å². The summed E-state index contributed by atoms with van der Waals surface area (Å²) < 4.78 is 91.4. The molecule has 4 aromatic rings. The highest BCUT2D eigenvalue weighted by Gasteiger charge is 2.30. The van der Waals surface area contributed by atoms with Crippen LogP contribution in [0.3, 0.4) is 0 Å². The molecule has 4 rings (SSSR count). The van der Waals surface area contributed by atoms with Gasteiger partial charge in [0.05, 0.1) is 40.2 Å². The van der Waals surface area contributed by atoms with Crippen LogP contribution >= 0.6 is 0 Å². The molecule has 0 heterocycles. The van der Waals surface area contributed by atoms with E-state index in [1.807, 2.05) is 0 Å². The summed E-state index contributed by atoms with van der Waals surface area (Å²) in [5.41, 5.74) is 0.256. The smallest absolute Gasteiger partial charge is 0.390 e. The van der Waals surface area contributed by atoms with Crippen molar-refractivity contribution in [1.29, 1.82) is 0 Å². The van der Waals surface area contributed by atoms with Gasteiger partial charge in [-0.2, -0.15) is 13.2 Å². The van der Waals surface area contributed by atoms with Gasteiger partial charge in [-0.25, -0.2) is 21.1 Å². The first-order chi connectivity index (χ1) is 22.0. The Morgan fingerprint density at radius 1 is 0.809 bits per heavy atom. The number of hydrogen-bond acceptors (Lipinski definition) is 7. The number of benzene rings is 4. The van der Waals surface area contributed by atoms with Crippen molar-refractivity contribution in [2.24, 2.45) is 0 Å². The summed E-state index contributed by atoms with van der Waals surface area (Å²) >= 11 is 0. The number of nitrogens with zero attached hydrogens (tertiary/aromatic N) is 1. The zero-order valence-electron chi connectivity index (χ0n) is 25.5. The van der Waals surface area contributed by atoms with Gasteiger partial charge in [0.15, 0.2) is 9.84 Å². The van der Waals surface area contributed by atoms with Crippen molar-refractivity contribution in [3.8, 4) is 0 Å². The highest BCUT2D eigenvalue weighted by Crippen LogP contribution is 2.32. The third-order valence-electron chi connectivity index (χ3n) is 7.15. The van der Waals surface area contributed by atoms with Gasteiger partial charge in [-0.1, -0.05) is 66.7 Å². The second kappa shape index (κ2) is 14.7. The summed E-state index contributed by atoms with van der Waals surface area (Å²) in [6.45, 7) is -0.105. The quantitative estimate of drug-likeness (QED) is 0.186. The van der Waals surface area contributed by atoms with Crippen LogP contribution in [0.1, 0.15) is 27.0 Å². The van der Waals surface area contributed by atoms with E-state index in [1.54, 1.807) is 48.5 Å². The number of sulfonamides is 1. The van der Waals surface area contributed by atoms with E-state index < -0.39 is 49.7 Å². The van der Waals surface area contributed by atoms with Crippen LogP contribution < -0.4 is 14.9 Å². The van der Waals surface area contributed by atoms with Crippen LogP contribution in [0.15, 0.2) is 108 Å². The second-order valence-corrected chi connectivity index (χ2v) is 14.9. The number of anilines is 2. The summed E-state index contributed by atoms with van der Waals surface area (Å²) in [7, 11) is -7.92. The van der Waals surface area contributed by atoms with Gasteiger partial charge in [0.1, 0.15) is 0 Å². The van der Waals surface area contributed by atoms with Crippen LogP contribution in [0.2, 0.25) is 0 Å². The first kappa shape index (κ1) is 35.6. The summed E-state index contributed by atoms with van der Waals surface area (Å²) in [6, 6.07) is 24.2. The number of alkyl halides is 3. The Hall–Kier alpha value is -4.24. The highest BCUT2D eigenvalue weighted by molar-refractivity contribution is 7.92. The number of amides is 1. The largest absolute Gasteiger partial charge is 0.416 e. The summed E-state index contributed by atoms with van der Waals surface area (Å²) in [5.74, 6) is -0.781. The normalized spacial score (nSPS) is 13.5. The predicted octanol–water partition coefficient (Wildman–Crippen LogP) is 4.70. The molecular formula is C33H34F3N3O6S2. The van der Waals surface area contributed by atoms with E-state index in [2.05, 4.69) is 10.6 Å². The Balaban J connectivity index is 1.63. The molecule has 0 saturated carbocycles. The lowest BCUT2D eigenvalue weighted by atomic mass is 10.00. The Labute approximate surface area is 272 Å². The second-order valence-electron chi connectivity index (χ2n) is 11.0. The first-order valence-corrected chi connectivity index (χ1v) is 18.1. The van der Waals surface area contributed by atoms with Crippen LogP contribution in [0.4, 0.5) is 24.5 Å². The molecule has 0 aliphatic carbocycles. The molecule has 0 radical (unpaired) electrons. The number of halogens is 3. The molecule has 47 heavy (non-hydrogen) atoms. The lowest BCUT2D eigenvalue weighted by Gasteiger charge is -2.26. The fourth-order valence-electron chi connectivity index (χ4n) is 4.91. The predicted molar refractivity (Wildman–Crippen MR) is 174 cm³/mol. The molecule has 0 unspecified atom stereocenters. The Bertz CT molecular complexity index is 1910. The van der Waals surface area contributed by atoms with E-state index in [9.17, 15) is 39.9 Å². The molecule has 0 aliphatic rings. The summed E-state index contributed by atoms with van der Waals surface area (Å²) in [6.07, 6.45) is -3.71. The Morgan fingerprint density at radius 2 is 1.43 bits per heavy atom. The molecule has 0 bridgehead atoms. The van der Waals surface area contributed by atoms with Gasteiger partial charge in [-0.15, -0.1) is 0 Å². The van der Waals surface area contributed by atoms with Crippen LogP contribution in [0.25, 0.3) is 0 Å². The van der Waals surface area contributed by atoms with Gasteiger partial charge in [0.2, 0.25) is 10.0 Å². The standard InChI is InChI=1S/C33H34F3N3O6S2/c1-46(42,43)29-19-25(18-28(20-29)39(47(2,44)45)27-14-7-4-8-15-27)32(41)38-30(17-23-10-5-3-6-11-23)31(40)22-37-21-24-12-9-13-26(16-24)33(34,35)36/h3-16,18-20,30-31,37,40H,17,21-22H2,1-2H3,(H,38,41)/t30-,31+/m0/s1. The number of aliphatic hydroxyl groups is 1. The van der Waals surface area contributed by atoms with Crippen molar-refractivity contribution < 1.29 is 39.9 Å². The molecule has 3 N–H and O–H groups in total. The third kappa shape index (κ3) is 9.88. The van der Waals surface area contributed by atoms with Crippen LogP contribution in [-0.4, -0.2) is 59.1 Å². The Morgan fingerprint density at radius 3 is 2.02 bits per heavy atom. The number of carbonyl (C=O) groups is 1. The van der Waals surface area contributed by atoms with Gasteiger partial charge in [-0.3, -0.25) is 4.79 Å². The molecule has 9 nitrogen and oxygen atoms in total. The van der Waals surface area contributed by atoms with Crippen molar-refractivity contribution in [2.45, 2.75) is 36.2 Å². The van der Waals surface area contributed by atoms with Crippen LogP contribution in [-0.2, 0) is 39.0 Å². The lowest BCUT2D eigenvalue weighted by molar-refractivity contribution is -0.137. The zero-order chi connectivity index (χ0) is 34.4. The molecule has 0 saturated heterocycles. The molecule has 2 atom stereocenters. The van der Waals surface area contributed by atoms with E-state index in [0.717, 1.165) is 46.6 Å². The Kier molecular flexibility index (Phi) is 11.1. The van der Waals surface area contributed by atoms with Gasteiger partial charge >= 0.3 is 6.18 Å². The van der Waals surface area contributed by atoms with Gasteiger partial charge in [-0.05, 0) is 53.9 Å². The number of aliphatic hydroxyl groups excluding tert-OH is 1. The average molecular weight is 690 g/mol. The third-order valence-corrected chi connectivity index (χ3v) is 9.33. The molecule has 14 heteroatoms. The van der Waals surface area contributed by atoms with Crippen LogP contribution in [0, 0.1) is 0 Å². The van der Waals surface area contributed by atoms with E-state index in [0.29, 0.717) is 5.56 Å². The number of sulfone groups is 1. The molecule has 1 amide bonds. The minimum Gasteiger partial charge on any atom is -0.390 e. The first-order valence-electron chi connectivity index (χ1n) is 14.3. The van der Waals surface area contributed by atoms with Gasteiger partial charge < -0.3 is 15.7 Å². The molecule has 0 aromatic heterocycles. The van der Waals surface area contributed by atoms with Crippen LogP contribution in [0.5, 0.6) is 0 Å². The highest BCUT2D eigenvalue weighted by atomic mass is 32.2. The fraction of sp³-hybridized carbons (Fsp3) is 0.242. The maximum Gasteiger partial charge on any atom is 0.416 e. The maximum absolute atomic E-state index is 13.7. The topological polar surface area (TPSA) is 133 Å². The molecule has 0 spiro atoms. The molecule has 0 aliphatic heterocycles. The molecule has 4 aromatic carbocycles. The van der Waals surface area contributed by atoms with Crippen molar-refractivity contribution >= 4 is 37.1 Å². The van der Waals surface area contributed by atoms with Crippen molar-refractivity contribution in [2.75, 3.05) is 23.4 Å². The lowest BCUT2D eigenvalue weighted by Crippen LogP contribution is -2.48. The SMILES string of the molecule is CS(=O)(=O)c1cc(C(=O)N[C@@H](Cc2ccccc2)[C@H](O)CNCc2cccc(C(F)(F)F)c2)cc(N(c2ccccc2)S(C)(=O)=O)c1. The van der Waals surface area contributed by atoms with E-state index in [4.69, 9.17) is 0 Å². The molecule has 250 valence electrons. The maximum atomic E-state index is 13.7. The minimum atomic E-state index is -4.51. The van der Waals surface area contributed by atoms with E-state index in [1.165, 1.54) is 30.3 Å². The van der Waals surface area contributed by atoms with Crippen molar-refractivity contribution in [3.05, 3.63) is 125 Å². The number of hydrogen-bond donors (Lipinski definition) is 3. The van der Waals surface area contributed by atoms with Gasteiger partial charge in [0.25, 0.3) is 5.91 Å². The zero-order valence-corrected chi connectivity index (χ0v) is 27.1. The number of rotatable bonds is 13. The minimum absolute atomic E-state index is 0.00750. The van der Waals surface area contributed by atoms with E-state index >= 15 is 0 Å². The average Bonchev–Trinajstić information content (AvgIpc) is 3.00. The molecule has 0 fully saturated rings. The number of para-hydroxylation sites is 1. The summed E-state index contributed by atoms with van der Waals surface area (Å²) in [5, 5.41) is 16.8. The van der Waals surface area contributed by atoms with Crippen molar-refractivity contribution in [1.82, 2.24) is 10.6 Å². The summed E-state index contributed by atoms with van der Waals surface area (Å²) in [4.78, 5) is 13.4. The van der Waals surface area contributed by atoms with E-state index in [-0.39, 0.29) is 41.3 Å². The molecular weight excluding hydrogens is 656 g/mol. The fourth-order valence-corrected chi connectivity index (χ4v) is 6.58. The number of nitrogens with one attached hydrogen (secondary N) is 2. The number of carbonyl (C=O) groups excluding carboxylic acids is 1. The van der Waals surface area contributed by atoms with Crippen molar-refractivity contribution in [3.63, 3.8) is 0 Å². The monoisotopic (exact) mass is 689 g/mol.